The summed E-state index contributed by atoms with van der Waals surface area (Å²) < 4.78 is 0. The summed E-state index contributed by atoms with van der Waals surface area (Å²) in [5, 5.41) is 2.93. The molecule has 0 aliphatic heterocycles. The van der Waals surface area contributed by atoms with Crippen molar-refractivity contribution in [2.45, 2.75) is 39.0 Å². The van der Waals surface area contributed by atoms with Gasteiger partial charge in [-0.2, -0.15) is 0 Å². The summed E-state index contributed by atoms with van der Waals surface area (Å²) in [6, 6.07) is 7.42. The maximum Gasteiger partial charge on any atom is 0.251 e. The topological polar surface area (TPSA) is 55.1 Å². The lowest BCUT2D eigenvalue weighted by molar-refractivity contribution is 0.0953. The molecule has 0 fully saturated rings. The zero-order chi connectivity index (χ0) is 14.1. The zero-order valence-electron chi connectivity index (χ0n) is 11.4. The summed E-state index contributed by atoms with van der Waals surface area (Å²) >= 11 is 4.85. The van der Waals surface area contributed by atoms with E-state index in [0.29, 0.717) is 17.0 Å². The lowest BCUT2D eigenvalue weighted by atomic mass is 10.1. The first-order valence-corrected chi connectivity index (χ1v) is 7.19. The average Bonchev–Trinajstić information content (AvgIpc) is 2.38. The van der Waals surface area contributed by atoms with Crippen molar-refractivity contribution in [1.82, 2.24) is 5.32 Å². The van der Waals surface area contributed by atoms with Gasteiger partial charge in [-0.25, -0.2) is 0 Å². The van der Waals surface area contributed by atoms with Crippen molar-refractivity contribution in [2.75, 3.05) is 6.54 Å². The van der Waals surface area contributed by atoms with Gasteiger partial charge in [0.25, 0.3) is 5.91 Å². The Morgan fingerprint density at radius 1 is 1.21 bits per heavy atom. The standard InChI is InChI=1S/C15H22N2OS/c1-2-3-4-5-10-17-15(18)13-8-6-12(7-9-13)11-14(16)19/h6-9H,2-5,10-11H2,1H3,(H2,16,19)(H,17,18). The Labute approximate surface area is 120 Å². The van der Waals surface area contributed by atoms with Crippen molar-refractivity contribution in [3.63, 3.8) is 0 Å². The Hall–Kier alpha value is -1.42. The van der Waals surface area contributed by atoms with Crippen molar-refractivity contribution in [3.8, 4) is 0 Å². The molecule has 0 aliphatic rings. The summed E-state index contributed by atoms with van der Waals surface area (Å²) in [7, 11) is 0. The van der Waals surface area contributed by atoms with Crippen LogP contribution in [-0.2, 0) is 6.42 Å². The van der Waals surface area contributed by atoms with Crippen molar-refractivity contribution >= 4 is 23.1 Å². The fourth-order valence-electron chi connectivity index (χ4n) is 1.83. The SMILES string of the molecule is CCCCCCNC(=O)c1ccc(CC(N)=S)cc1. The molecule has 3 N–H and O–H groups in total. The number of nitrogens with one attached hydrogen (secondary N) is 1. The van der Waals surface area contributed by atoms with Gasteiger partial charge in [0.2, 0.25) is 0 Å². The molecule has 0 radical (unpaired) electrons. The van der Waals surface area contributed by atoms with Gasteiger partial charge in [-0.3, -0.25) is 4.79 Å². The molecule has 0 aliphatic carbocycles. The van der Waals surface area contributed by atoms with Gasteiger partial charge in [-0.05, 0) is 24.1 Å². The van der Waals surface area contributed by atoms with E-state index >= 15 is 0 Å². The number of benzene rings is 1. The van der Waals surface area contributed by atoms with E-state index in [4.69, 9.17) is 18.0 Å². The van der Waals surface area contributed by atoms with E-state index in [2.05, 4.69) is 12.2 Å². The number of amides is 1. The summed E-state index contributed by atoms with van der Waals surface area (Å²) in [6.07, 6.45) is 5.22. The smallest absolute Gasteiger partial charge is 0.251 e. The second-order valence-corrected chi connectivity index (χ2v) is 5.18. The highest BCUT2D eigenvalue weighted by Gasteiger charge is 2.04. The minimum absolute atomic E-state index is 0.0154. The molecule has 0 bridgehead atoms. The molecule has 0 atom stereocenters. The van der Waals surface area contributed by atoms with E-state index in [9.17, 15) is 4.79 Å². The van der Waals surface area contributed by atoms with E-state index in [1.807, 2.05) is 24.3 Å². The Kier molecular flexibility index (Phi) is 7.11. The van der Waals surface area contributed by atoms with E-state index in [1.54, 1.807) is 0 Å². The van der Waals surface area contributed by atoms with E-state index in [-0.39, 0.29) is 5.91 Å². The molecule has 104 valence electrons. The zero-order valence-corrected chi connectivity index (χ0v) is 12.3. The minimum Gasteiger partial charge on any atom is -0.393 e. The molecule has 0 spiro atoms. The molecule has 0 unspecified atom stereocenters. The number of carbonyl (C=O) groups excluding carboxylic acids is 1. The third-order valence-electron chi connectivity index (χ3n) is 2.91. The largest absolute Gasteiger partial charge is 0.393 e. The maximum atomic E-state index is 11.8. The van der Waals surface area contributed by atoms with Crippen molar-refractivity contribution < 1.29 is 4.79 Å². The first-order chi connectivity index (χ1) is 9.13. The number of nitrogens with two attached hydrogens (primary N) is 1. The molecule has 4 heteroatoms. The molecular weight excluding hydrogens is 256 g/mol. The van der Waals surface area contributed by atoms with Crippen LogP contribution < -0.4 is 11.1 Å². The third-order valence-corrected chi connectivity index (χ3v) is 3.05. The van der Waals surface area contributed by atoms with Crippen LogP contribution in [-0.4, -0.2) is 17.4 Å². The second kappa shape index (κ2) is 8.64. The third kappa shape index (κ3) is 6.34. The van der Waals surface area contributed by atoms with Gasteiger partial charge in [0.05, 0.1) is 4.99 Å². The number of hydrogen-bond donors (Lipinski definition) is 2. The molecule has 0 heterocycles. The van der Waals surface area contributed by atoms with Gasteiger partial charge in [0.1, 0.15) is 0 Å². The summed E-state index contributed by atoms with van der Waals surface area (Å²) in [4.78, 5) is 12.3. The number of rotatable bonds is 8. The van der Waals surface area contributed by atoms with Crippen LogP contribution in [0.5, 0.6) is 0 Å². The highest BCUT2D eigenvalue weighted by Crippen LogP contribution is 2.06. The van der Waals surface area contributed by atoms with Crippen molar-refractivity contribution in [3.05, 3.63) is 35.4 Å². The van der Waals surface area contributed by atoms with Crippen LogP contribution in [0.25, 0.3) is 0 Å². The van der Waals surface area contributed by atoms with Crippen LogP contribution >= 0.6 is 12.2 Å². The molecule has 0 saturated carbocycles. The van der Waals surface area contributed by atoms with E-state index in [1.165, 1.54) is 19.3 Å². The van der Waals surface area contributed by atoms with Crippen molar-refractivity contribution in [1.29, 1.82) is 0 Å². The first-order valence-electron chi connectivity index (χ1n) is 6.79. The maximum absolute atomic E-state index is 11.8. The predicted molar refractivity (Wildman–Crippen MR) is 83.4 cm³/mol. The fourth-order valence-corrected chi connectivity index (χ4v) is 2.00. The molecule has 1 aromatic carbocycles. The molecule has 1 aromatic rings. The number of hydrogen-bond acceptors (Lipinski definition) is 2. The fraction of sp³-hybridized carbons (Fsp3) is 0.467. The average molecular weight is 278 g/mol. The lowest BCUT2D eigenvalue weighted by Crippen LogP contribution is -2.24. The van der Waals surface area contributed by atoms with Crippen LogP contribution in [0.15, 0.2) is 24.3 Å². The molecule has 1 amide bonds. The van der Waals surface area contributed by atoms with Crippen LogP contribution in [0, 0.1) is 0 Å². The Balaban J connectivity index is 2.38. The highest BCUT2D eigenvalue weighted by molar-refractivity contribution is 7.80. The van der Waals surface area contributed by atoms with Gasteiger partial charge in [-0.1, -0.05) is 50.5 Å². The van der Waals surface area contributed by atoms with Gasteiger partial charge in [-0.15, -0.1) is 0 Å². The Bertz CT molecular complexity index is 415. The predicted octanol–water partition coefficient (Wildman–Crippen LogP) is 2.83. The van der Waals surface area contributed by atoms with Gasteiger partial charge < -0.3 is 11.1 Å². The summed E-state index contributed by atoms with van der Waals surface area (Å²) in [5.41, 5.74) is 7.20. The molecule has 0 aromatic heterocycles. The van der Waals surface area contributed by atoms with Crippen LogP contribution in [0.1, 0.15) is 48.5 Å². The van der Waals surface area contributed by atoms with Gasteiger partial charge in [0.15, 0.2) is 0 Å². The quantitative estimate of drug-likeness (QED) is 0.568. The molecule has 0 saturated heterocycles. The Morgan fingerprint density at radius 3 is 2.47 bits per heavy atom. The molecule has 3 nitrogen and oxygen atoms in total. The molecular formula is C15H22N2OS. The second-order valence-electron chi connectivity index (χ2n) is 4.66. The van der Waals surface area contributed by atoms with Crippen molar-refractivity contribution in [2.24, 2.45) is 5.73 Å². The Morgan fingerprint density at radius 2 is 1.89 bits per heavy atom. The normalized spacial score (nSPS) is 10.2. The van der Waals surface area contributed by atoms with Crippen LogP contribution in [0.2, 0.25) is 0 Å². The summed E-state index contributed by atoms with van der Waals surface area (Å²) in [6.45, 7) is 2.92. The van der Waals surface area contributed by atoms with E-state index in [0.717, 1.165) is 18.5 Å². The van der Waals surface area contributed by atoms with Gasteiger partial charge in [0, 0.05) is 18.5 Å². The first kappa shape index (κ1) is 15.6. The number of unbranched alkanes of at least 4 members (excludes halogenated alkanes) is 3. The van der Waals surface area contributed by atoms with E-state index < -0.39 is 0 Å². The lowest BCUT2D eigenvalue weighted by Gasteiger charge is -2.06. The van der Waals surface area contributed by atoms with Crippen LogP contribution in [0.4, 0.5) is 0 Å². The van der Waals surface area contributed by atoms with Crippen LogP contribution in [0.3, 0.4) is 0 Å². The number of carbonyl (C=O) groups is 1. The number of thiocarbonyl (C=S) groups is 1. The summed E-state index contributed by atoms with van der Waals surface area (Å²) in [5.74, 6) is -0.0154. The molecule has 19 heavy (non-hydrogen) atoms. The monoisotopic (exact) mass is 278 g/mol. The van der Waals surface area contributed by atoms with Gasteiger partial charge >= 0.3 is 0 Å². The minimum atomic E-state index is -0.0154. The molecule has 1 rings (SSSR count). The highest BCUT2D eigenvalue weighted by atomic mass is 32.1.